The second-order valence-electron chi connectivity index (χ2n) is 8.39. The molecule has 3 aromatic rings. The molecule has 41 heavy (non-hydrogen) atoms. The van der Waals surface area contributed by atoms with Crippen molar-refractivity contribution in [2.45, 2.75) is 57.8 Å². The average molecular weight is 619 g/mol. The molecule has 0 fully saturated rings. The summed E-state index contributed by atoms with van der Waals surface area (Å²) in [5, 5.41) is 0. The molecule has 3 aliphatic rings. The summed E-state index contributed by atoms with van der Waals surface area (Å²) in [6.07, 6.45) is 18.6. The van der Waals surface area contributed by atoms with Crippen LogP contribution in [-0.4, -0.2) is 27.2 Å². The molecular formula is C34H43FeO5P+. The van der Waals surface area contributed by atoms with Crippen LogP contribution in [0.5, 0.6) is 0 Å². The summed E-state index contributed by atoms with van der Waals surface area (Å²) >= 11 is 0. The Bertz CT molecular complexity index is 824. The van der Waals surface area contributed by atoms with Crippen LogP contribution >= 0.6 is 9.12 Å². The molecule has 1 atom stereocenters. The first-order valence-corrected chi connectivity index (χ1v) is 13.5. The molecular weight excluding hydrogens is 575 g/mol. The molecule has 1 radical (unpaired) electrons. The van der Waals surface area contributed by atoms with E-state index in [0.717, 1.165) is 0 Å². The molecule has 0 spiro atoms. The number of carbonyl (C=O) groups excluding carboxylic acids is 4. The molecule has 0 aromatic heterocycles. The summed E-state index contributed by atoms with van der Waals surface area (Å²) in [5.41, 5.74) is 8.92. The molecule has 0 amide bonds. The van der Waals surface area contributed by atoms with Crippen LogP contribution in [0.15, 0.2) is 72.8 Å². The molecule has 221 valence electrons. The molecule has 1 unspecified atom stereocenters. The van der Waals surface area contributed by atoms with Crippen molar-refractivity contribution in [1.82, 2.24) is 0 Å². The second kappa shape index (κ2) is 31.1. The van der Waals surface area contributed by atoms with Crippen LogP contribution < -0.4 is 0 Å². The maximum atomic E-state index is 8.17. The van der Waals surface area contributed by atoms with Crippen molar-refractivity contribution in [2.24, 2.45) is 0 Å². The van der Waals surface area contributed by atoms with Crippen LogP contribution in [-0.2, 0) is 60.1 Å². The number of rotatable bonds is 0. The van der Waals surface area contributed by atoms with E-state index in [1.807, 2.05) is 27.2 Å². The summed E-state index contributed by atoms with van der Waals surface area (Å²) in [6.45, 7) is 8.00. The van der Waals surface area contributed by atoms with E-state index in [-0.39, 0.29) is 17.1 Å². The first-order valence-electron chi connectivity index (χ1n) is 13.0. The molecule has 6 rings (SSSR count). The third kappa shape index (κ3) is 17.1. The third-order valence-electron chi connectivity index (χ3n) is 6.21. The molecule has 0 saturated heterocycles. The Balaban J connectivity index is -0.000000453. The molecule has 3 aliphatic carbocycles. The Kier molecular flexibility index (Phi) is 31.9. The second-order valence-corrected chi connectivity index (χ2v) is 8.39. The average Bonchev–Trinajstić information content (AvgIpc) is 3.10. The van der Waals surface area contributed by atoms with Crippen LogP contribution in [0.1, 0.15) is 71.9 Å². The SMILES string of the molecule is C=O.C=O.C=O.C=O.O=[PH2+].[Fe+3].c1ccc2c(c1)[CH-]CCC2.c1ccc2c(c1)[CH-]CCC2.c1ccc2c(c1)[CH-]CCC2. The van der Waals surface area contributed by atoms with Gasteiger partial charge in [-0.1, -0.05) is 80.6 Å². The zero-order valence-electron chi connectivity index (χ0n) is 23.8. The number of hydrogen-bond acceptors (Lipinski definition) is 5. The zero-order chi connectivity index (χ0) is 30.4. The number of fused-ring (bicyclic) bond motifs is 3. The fourth-order valence-corrected chi connectivity index (χ4v) is 4.53. The molecule has 0 heterocycles. The van der Waals surface area contributed by atoms with Crippen molar-refractivity contribution in [2.75, 3.05) is 0 Å². The van der Waals surface area contributed by atoms with Gasteiger partial charge in [-0.25, -0.2) is 0 Å². The van der Waals surface area contributed by atoms with Gasteiger partial charge in [-0.15, -0.1) is 53.1 Å². The van der Waals surface area contributed by atoms with E-state index in [1.165, 1.54) is 100 Å². The molecule has 7 heteroatoms. The predicted molar refractivity (Wildman–Crippen MR) is 167 cm³/mol. The van der Waals surface area contributed by atoms with Gasteiger partial charge in [0, 0.05) is 0 Å². The van der Waals surface area contributed by atoms with E-state index >= 15 is 0 Å². The fourth-order valence-electron chi connectivity index (χ4n) is 4.53. The maximum Gasteiger partial charge on any atom is 3.00 e. The first kappa shape index (κ1) is 42.0. The first-order chi connectivity index (χ1) is 19.9. The van der Waals surface area contributed by atoms with Crippen molar-refractivity contribution >= 4 is 36.3 Å². The Morgan fingerprint density at radius 1 is 0.439 bits per heavy atom. The largest absolute Gasteiger partial charge is 3.00 e. The smallest absolute Gasteiger partial charge is 0.307 e. The van der Waals surface area contributed by atoms with Gasteiger partial charge in [0.15, 0.2) is 0 Å². The summed E-state index contributed by atoms with van der Waals surface area (Å²) in [4.78, 5) is 32.0. The van der Waals surface area contributed by atoms with Gasteiger partial charge in [0.1, 0.15) is 27.2 Å². The van der Waals surface area contributed by atoms with Gasteiger partial charge in [-0.05, 0) is 0 Å². The Hall–Kier alpha value is -3.43. The van der Waals surface area contributed by atoms with Crippen molar-refractivity contribution < 1.29 is 40.8 Å². The fraction of sp³-hybridized carbons (Fsp3) is 0.265. The topological polar surface area (TPSA) is 85.3 Å². The van der Waals surface area contributed by atoms with Gasteiger partial charge >= 0.3 is 26.2 Å². The van der Waals surface area contributed by atoms with Gasteiger partial charge in [-0.3, -0.25) is 0 Å². The van der Waals surface area contributed by atoms with E-state index in [1.54, 1.807) is 0 Å². The van der Waals surface area contributed by atoms with Crippen molar-refractivity contribution in [3.8, 4) is 0 Å². The quantitative estimate of drug-likeness (QED) is 0.151. The minimum Gasteiger partial charge on any atom is -0.307 e. The normalized spacial score (nSPS) is 11.9. The standard InChI is InChI=1S/3C10H11.4CH2O.Fe.H2OP/c3*1-2-6-10-8-4-3-7-9(10)5-1;4*1-2;;1-2/h3*1-2,5-7H,3-4,8H2;4*1H2;;2H2/q3*-1;;;;;+3;+1. The van der Waals surface area contributed by atoms with Crippen molar-refractivity contribution in [3.63, 3.8) is 0 Å². The van der Waals surface area contributed by atoms with Gasteiger partial charge in [0.25, 0.3) is 0 Å². The number of benzene rings is 3. The van der Waals surface area contributed by atoms with Crippen molar-refractivity contribution in [3.05, 3.63) is 125 Å². The predicted octanol–water partition coefficient (Wildman–Crippen LogP) is 7.19. The summed E-state index contributed by atoms with van der Waals surface area (Å²) in [6, 6.07) is 26.0. The molecule has 3 aromatic carbocycles. The van der Waals surface area contributed by atoms with Gasteiger partial charge in [-0.2, -0.15) is 54.2 Å². The molecule has 0 bridgehead atoms. The minimum atomic E-state index is 0. The van der Waals surface area contributed by atoms with Gasteiger partial charge in [0.05, 0.1) is 0 Å². The van der Waals surface area contributed by atoms with Crippen LogP contribution in [0.3, 0.4) is 0 Å². The summed E-state index contributed by atoms with van der Waals surface area (Å²) < 4.78 is 8.17. The number of hydrogen-bond donors (Lipinski definition) is 0. The molecule has 0 aliphatic heterocycles. The van der Waals surface area contributed by atoms with Crippen LogP contribution in [0, 0.1) is 19.3 Å². The third-order valence-corrected chi connectivity index (χ3v) is 6.21. The van der Waals surface area contributed by atoms with Crippen LogP contribution in [0.2, 0.25) is 0 Å². The molecule has 5 nitrogen and oxygen atoms in total. The summed E-state index contributed by atoms with van der Waals surface area (Å²) in [5.74, 6) is 0. The molecule has 0 saturated carbocycles. The molecule has 0 N–H and O–H groups in total. The van der Waals surface area contributed by atoms with E-state index in [4.69, 9.17) is 23.7 Å². The van der Waals surface area contributed by atoms with Crippen molar-refractivity contribution in [1.29, 1.82) is 0 Å². The Morgan fingerprint density at radius 2 is 0.659 bits per heavy atom. The van der Waals surface area contributed by atoms with Crippen LogP contribution in [0.4, 0.5) is 0 Å². The monoisotopic (exact) mass is 618 g/mol. The van der Waals surface area contributed by atoms with E-state index in [0.29, 0.717) is 0 Å². The van der Waals surface area contributed by atoms with Gasteiger partial charge < -0.3 is 19.2 Å². The summed E-state index contributed by atoms with van der Waals surface area (Å²) in [7, 11) is 1.17. The van der Waals surface area contributed by atoms with E-state index in [9.17, 15) is 0 Å². The van der Waals surface area contributed by atoms with Gasteiger partial charge in [0.2, 0.25) is 0 Å². The zero-order valence-corrected chi connectivity index (χ0v) is 26.1. The van der Waals surface area contributed by atoms with Crippen LogP contribution in [0.25, 0.3) is 0 Å². The minimum absolute atomic E-state index is 0. The number of carbonyl (C=O) groups is 4. The van der Waals surface area contributed by atoms with E-state index < -0.39 is 0 Å². The Labute approximate surface area is 259 Å². The maximum absolute atomic E-state index is 8.17. The Morgan fingerprint density at radius 3 is 0.878 bits per heavy atom. The number of aryl methyl sites for hydroxylation is 3. The van der Waals surface area contributed by atoms with E-state index in [2.05, 4.69) is 92.1 Å².